The number of ether oxygens (including phenoxy) is 1. The molecule has 3 rings (SSSR count). The molecule has 0 aliphatic carbocycles. The highest BCUT2D eigenvalue weighted by atomic mass is 35.5. The van der Waals surface area contributed by atoms with Crippen molar-refractivity contribution >= 4 is 23.4 Å². The second kappa shape index (κ2) is 12.2. The number of carbonyl (C=O) groups is 2. The third-order valence-electron chi connectivity index (χ3n) is 5.33. The first-order valence-electron chi connectivity index (χ1n) is 11.4. The van der Waals surface area contributed by atoms with Gasteiger partial charge in [-0.1, -0.05) is 71.8 Å². The Morgan fingerprint density at radius 3 is 2.26 bits per heavy atom. The van der Waals surface area contributed by atoms with Crippen molar-refractivity contribution in [3.8, 4) is 5.75 Å². The Balaban J connectivity index is 1.90. The van der Waals surface area contributed by atoms with Crippen LogP contribution in [0.1, 0.15) is 30.5 Å². The molecule has 0 aliphatic heterocycles. The molecule has 6 heteroatoms. The van der Waals surface area contributed by atoms with Crippen LogP contribution in [0.15, 0.2) is 78.9 Å². The van der Waals surface area contributed by atoms with Crippen LogP contribution in [-0.2, 0) is 22.6 Å². The number of hydrogen-bond acceptors (Lipinski definition) is 3. The van der Waals surface area contributed by atoms with Gasteiger partial charge in [-0.25, -0.2) is 0 Å². The zero-order valence-corrected chi connectivity index (χ0v) is 20.6. The average Bonchev–Trinajstić information content (AvgIpc) is 2.81. The van der Waals surface area contributed by atoms with Gasteiger partial charge in [0.05, 0.1) is 0 Å². The summed E-state index contributed by atoms with van der Waals surface area (Å²) in [6, 6.07) is 23.8. The van der Waals surface area contributed by atoms with E-state index in [9.17, 15) is 9.59 Å². The van der Waals surface area contributed by atoms with Crippen LogP contribution in [-0.4, -0.2) is 35.4 Å². The van der Waals surface area contributed by atoms with Crippen molar-refractivity contribution in [2.45, 2.75) is 45.8 Å². The Hall–Kier alpha value is -3.31. The quantitative estimate of drug-likeness (QED) is 0.436. The van der Waals surface area contributed by atoms with E-state index in [0.717, 1.165) is 16.7 Å². The van der Waals surface area contributed by atoms with Crippen molar-refractivity contribution in [2.75, 3.05) is 6.61 Å². The second-order valence-electron chi connectivity index (χ2n) is 8.62. The Morgan fingerprint density at radius 1 is 0.941 bits per heavy atom. The summed E-state index contributed by atoms with van der Waals surface area (Å²) in [6.07, 6.45) is 0.385. The van der Waals surface area contributed by atoms with Crippen molar-refractivity contribution in [3.05, 3.63) is 101 Å². The van der Waals surface area contributed by atoms with E-state index in [-0.39, 0.29) is 31.0 Å². The number of aryl methyl sites for hydroxylation is 1. The molecule has 2 amide bonds. The SMILES string of the molecule is Cc1ccc(OCC(=O)N(Cc2cccc(Cl)c2)[C@H](Cc2ccccc2)C(=O)NC(C)C)cc1. The van der Waals surface area contributed by atoms with Gasteiger partial charge in [-0.15, -0.1) is 0 Å². The van der Waals surface area contributed by atoms with Crippen LogP contribution in [0, 0.1) is 6.92 Å². The highest BCUT2D eigenvalue weighted by Gasteiger charge is 2.31. The van der Waals surface area contributed by atoms with Crippen LogP contribution in [0.25, 0.3) is 0 Å². The topological polar surface area (TPSA) is 58.6 Å². The number of carbonyl (C=O) groups excluding carboxylic acids is 2. The Bertz CT molecular complexity index is 1080. The lowest BCUT2D eigenvalue weighted by Gasteiger charge is -2.32. The summed E-state index contributed by atoms with van der Waals surface area (Å²) in [6.45, 7) is 5.86. The summed E-state index contributed by atoms with van der Waals surface area (Å²) in [5.41, 5.74) is 2.91. The lowest BCUT2D eigenvalue weighted by atomic mass is 10.0. The first kappa shape index (κ1) is 25.3. The zero-order chi connectivity index (χ0) is 24.5. The van der Waals surface area contributed by atoms with Crippen molar-refractivity contribution in [2.24, 2.45) is 0 Å². The lowest BCUT2D eigenvalue weighted by molar-refractivity contribution is -0.143. The lowest BCUT2D eigenvalue weighted by Crippen LogP contribution is -2.52. The van der Waals surface area contributed by atoms with Crippen molar-refractivity contribution in [1.82, 2.24) is 10.2 Å². The van der Waals surface area contributed by atoms with Gasteiger partial charge in [0.15, 0.2) is 6.61 Å². The molecule has 0 aromatic heterocycles. The van der Waals surface area contributed by atoms with E-state index in [1.807, 2.05) is 93.6 Å². The van der Waals surface area contributed by atoms with Gasteiger partial charge in [-0.05, 0) is 56.2 Å². The van der Waals surface area contributed by atoms with E-state index in [2.05, 4.69) is 5.32 Å². The molecule has 0 saturated carbocycles. The fourth-order valence-electron chi connectivity index (χ4n) is 3.63. The van der Waals surface area contributed by atoms with Crippen LogP contribution in [0.4, 0.5) is 0 Å². The number of halogens is 1. The maximum Gasteiger partial charge on any atom is 0.261 e. The van der Waals surface area contributed by atoms with Gasteiger partial charge in [-0.3, -0.25) is 9.59 Å². The number of hydrogen-bond donors (Lipinski definition) is 1. The summed E-state index contributed by atoms with van der Waals surface area (Å²) >= 11 is 6.20. The summed E-state index contributed by atoms with van der Waals surface area (Å²) < 4.78 is 5.78. The summed E-state index contributed by atoms with van der Waals surface area (Å²) in [5.74, 6) is 0.123. The number of nitrogens with zero attached hydrogens (tertiary/aromatic N) is 1. The van der Waals surface area contributed by atoms with Crippen molar-refractivity contribution < 1.29 is 14.3 Å². The predicted octanol–water partition coefficient (Wildman–Crippen LogP) is 5.19. The van der Waals surface area contributed by atoms with Gasteiger partial charge in [-0.2, -0.15) is 0 Å². The van der Waals surface area contributed by atoms with Crippen LogP contribution in [0.5, 0.6) is 5.75 Å². The van der Waals surface area contributed by atoms with E-state index < -0.39 is 6.04 Å². The van der Waals surface area contributed by atoms with Gasteiger partial charge >= 0.3 is 0 Å². The Labute approximate surface area is 206 Å². The molecule has 3 aromatic rings. The predicted molar refractivity (Wildman–Crippen MR) is 136 cm³/mol. The molecule has 3 aromatic carbocycles. The second-order valence-corrected chi connectivity index (χ2v) is 9.06. The number of benzene rings is 3. The minimum atomic E-state index is -0.710. The molecule has 0 heterocycles. The summed E-state index contributed by atoms with van der Waals surface area (Å²) in [5, 5.41) is 3.55. The highest BCUT2D eigenvalue weighted by Crippen LogP contribution is 2.18. The normalized spacial score (nSPS) is 11.7. The van der Waals surface area contributed by atoms with Crippen molar-refractivity contribution in [1.29, 1.82) is 0 Å². The largest absolute Gasteiger partial charge is 0.484 e. The third-order valence-corrected chi connectivity index (χ3v) is 5.56. The molecule has 0 bridgehead atoms. The number of amides is 2. The van der Waals surface area contributed by atoms with E-state index >= 15 is 0 Å². The monoisotopic (exact) mass is 478 g/mol. The molecule has 5 nitrogen and oxygen atoms in total. The average molecular weight is 479 g/mol. The molecule has 0 fully saturated rings. The zero-order valence-electron chi connectivity index (χ0n) is 19.8. The van der Waals surface area contributed by atoms with Gasteiger partial charge in [0.1, 0.15) is 11.8 Å². The maximum absolute atomic E-state index is 13.5. The molecule has 0 spiro atoms. The van der Waals surface area contributed by atoms with E-state index in [1.165, 1.54) is 0 Å². The standard InChI is InChI=1S/C28H31ClN2O3/c1-20(2)30-28(33)26(17-22-8-5-4-6-9-22)31(18-23-10-7-11-24(29)16-23)27(32)19-34-25-14-12-21(3)13-15-25/h4-16,20,26H,17-19H2,1-3H3,(H,30,33)/t26-/m1/s1. The molecule has 178 valence electrons. The molecule has 0 saturated heterocycles. The van der Waals surface area contributed by atoms with Crippen LogP contribution >= 0.6 is 11.6 Å². The molecular weight excluding hydrogens is 448 g/mol. The minimum absolute atomic E-state index is 0.0577. The van der Waals surface area contributed by atoms with Crippen LogP contribution in [0.3, 0.4) is 0 Å². The third kappa shape index (κ3) is 7.63. The fraction of sp³-hybridized carbons (Fsp3) is 0.286. The Kier molecular flexibility index (Phi) is 9.11. The van der Waals surface area contributed by atoms with Gasteiger partial charge in [0.25, 0.3) is 5.91 Å². The molecule has 1 N–H and O–H groups in total. The first-order chi connectivity index (χ1) is 16.3. The minimum Gasteiger partial charge on any atom is -0.484 e. The number of nitrogens with one attached hydrogen (secondary N) is 1. The molecule has 1 atom stereocenters. The Morgan fingerprint density at radius 2 is 1.62 bits per heavy atom. The molecule has 0 unspecified atom stereocenters. The smallest absolute Gasteiger partial charge is 0.261 e. The van der Waals surface area contributed by atoms with E-state index in [1.54, 1.807) is 11.0 Å². The van der Waals surface area contributed by atoms with Gasteiger partial charge in [0.2, 0.25) is 5.91 Å². The van der Waals surface area contributed by atoms with Crippen LogP contribution in [0.2, 0.25) is 5.02 Å². The van der Waals surface area contributed by atoms with Gasteiger partial charge in [0, 0.05) is 24.0 Å². The fourth-order valence-corrected chi connectivity index (χ4v) is 3.84. The number of rotatable bonds is 10. The van der Waals surface area contributed by atoms with Crippen molar-refractivity contribution in [3.63, 3.8) is 0 Å². The molecule has 34 heavy (non-hydrogen) atoms. The van der Waals surface area contributed by atoms with Crippen LogP contribution < -0.4 is 10.1 Å². The molecule has 0 aliphatic rings. The van der Waals surface area contributed by atoms with E-state index in [4.69, 9.17) is 16.3 Å². The first-order valence-corrected chi connectivity index (χ1v) is 11.8. The summed E-state index contributed by atoms with van der Waals surface area (Å²) in [7, 11) is 0. The van der Waals surface area contributed by atoms with Gasteiger partial charge < -0.3 is 15.0 Å². The maximum atomic E-state index is 13.5. The summed E-state index contributed by atoms with van der Waals surface area (Å²) in [4.78, 5) is 28.4. The van der Waals surface area contributed by atoms with E-state index in [0.29, 0.717) is 17.2 Å². The molecule has 0 radical (unpaired) electrons. The molecular formula is C28H31ClN2O3. The highest BCUT2D eigenvalue weighted by molar-refractivity contribution is 6.30.